The van der Waals surface area contributed by atoms with E-state index in [1.165, 1.54) is 0 Å². The third kappa shape index (κ3) is 2.19. The van der Waals surface area contributed by atoms with Crippen LogP contribution in [-0.2, 0) is 9.84 Å². The minimum Gasteiger partial charge on any atom is -0.327 e. The van der Waals surface area contributed by atoms with E-state index in [-0.39, 0.29) is 29.9 Å². The Morgan fingerprint density at radius 2 is 2.25 bits per heavy atom. The van der Waals surface area contributed by atoms with Gasteiger partial charge in [0.25, 0.3) is 0 Å². The first kappa shape index (κ1) is 9.49. The SMILES string of the molecule is N#CC[C@H]1CS(=O)(=O)CC[C@@H]1N. The molecule has 2 atom stereocenters. The first-order valence-electron chi connectivity index (χ1n) is 3.88. The Balaban J connectivity index is 2.67. The molecular formula is C7H12N2O2S. The zero-order valence-corrected chi connectivity index (χ0v) is 7.55. The van der Waals surface area contributed by atoms with Crippen molar-refractivity contribution in [3.05, 3.63) is 0 Å². The predicted octanol–water partition coefficient (Wildman–Crippen LogP) is -0.338. The number of nitriles is 1. The van der Waals surface area contributed by atoms with Crippen LogP contribution in [-0.4, -0.2) is 26.0 Å². The number of sulfone groups is 1. The van der Waals surface area contributed by atoms with Crippen molar-refractivity contribution in [1.82, 2.24) is 0 Å². The van der Waals surface area contributed by atoms with E-state index in [1.54, 1.807) is 0 Å². The van der Waals surface area contributed by atoms with Gasteiger partial charge in [-0.05, 0) is 6.42 Å². The summed E-state index contributed by atoms with van der Waals surface area (Å²) in [6.45, 7) is 0. The molecule has 0 aliphatic carbocycles. The minimum atomic E-state index is -2.92. The molecule has 4 nitrogen and oxygen atoms in total. The molecule has 1 rings (SSSR count). The van der Waals surface area contributed by atoms with Gasteiger partial charge in [-0.25, -0.2) is 8.42 Å². The minimum absolute atomic E-state index is 0.0850. The molecule has 12 heavy (non-hydrogen) atoms. The van der Waals surface area contributed by atoms with E-state index in [1.807, 2.05) is 6.07 Å². The van der Waals surface area contributed by atoms with Gasteiger partial charge in [-0.15, -0.1) is 0 Å². The highest BCUT2D eigenvalue weighted by atomic mass is 32.2. The third-order valence-electron chi connectivity index (χ3n) is 2.19. The van der Waals surface area contributed by atoms with E-state index < -0.39 is 9.84 Å². The first-order valence-corrected chi connectivity index (χ1v) is 5.70. The van der Waals surface area contributed by atoms with Crippen LogP contribution in [0.3, 0.4) is 0 Å². The van der Waals surface area contributed by atoms with Gasteiger partial charge in [0, 0.05) is 18.4 Å². The van der Waals surface area contributed by atoms with Gasteiger partial charge >= 0.3 is 0 Å². The number of hydrogen-bond acceptors (Lipinski definition) is 4. The first-order chi connectivity index (χ1) is 5.55. The molecule has 2 N–H and O–H groups in total. The van der Waals surface area contributed by atoms with Gasteiger partial charge in [0.05, 0.1) is 17.6 Å². The molecule has 1 aliphatic heterocycles. The molecule has 0 bridgehead atoms. The van der Waals surface area contributed by atoms with Gasteiger partial charge in [-0.3, -0.25) is 0 Å². The molecule has 0 amide bonds. The lowest BCUT2D eigenvalue weighted by Gasteiger charge is -2.26. The Bertz CT molecular complexity index is 291. The van der Waals surface area contributed by atoms with Gasteiger partial charge in [0.15, 0.2) is 9.84 Å². The van der Waals surface area contributed by atoms with Crippen LogP contribution in [0.1, 0.15) is 12.8 Å². The fourth-order valence-corrected chi connectivity index (χ4v) is 3.23. The van der Waals surface area contributed by atoms with E-state index in [9.17, 15) is 8.42 Å². The summed E-state index contributed by atoms with van der Waals surface area (Å²) in [6, 6.07) is 1.84. The summed E-state index contributed by atoms with van der Waals surface area (Å²) in [5.74, 6) is 0.103. The second-order valence-corrected chi connectivity index (χ2v) is 5.42. The van der Waals surface area contributed by atoms with Crippen LogP contribution < -0.4 is 5.73 Å². The third-order valence-corrected chi connectivity index (χ3v) is 3.98. The standard InChI is InChI=1S/C7H12N2O2S/c8-3-1-6-5-12(10,11)4-2-7(6)9/h6-7H,1-2,4-5,9H2/t6-,7-/m0/s1. The summed E-state index contributed by atoms with van der Waals surface area (Å²) in [4.78, 5) is 0. The van der Waals surface area contributed by atoms with Gasteiger partial charge in [-0.1, -0.05) is 0 Å². The molecule has 1 heterocycles. The molecule has 0 aromatic rings. The fraction of sp³-hybridized carbons (Fsp3) is 0.857. The number of hydrogen-bond donors (Lipinski definition) is 1. The maximum Gasteiger partial charge on any atom is 0.150 e. The maximum absolute atomic E-state index is 11.1. The summed E-state index contributed by atoms with van der Waals surface area (Å²) in [5.41, 5.74) is 5.67. The predicted molar refractivity (Wildman–Crippen MR) is 45.0 cm³/mol. The Morgan fingerprint density at radius 3 is 2.83 bits per heavy atom. The van der Waals surface area contributed by atoms with Crippen LogP contribution in [0.4, 0.5) is 0 Å². The van der Waals surface area contributed by atoms with Gasteiger partial charge in [0.2, 0.25) is 0 Å². The average Bonchev–Trinajstić information content (AvgIpc) is 1.97. The number of nitrogens with two attached hydrogens (primary N) is 1. The van der Waals surface area contributed by atoms with Crippen molar-refractivity contribution in [2.45, 2.75) is 18.9 Å². The van der Waals surface area contributed by atoms with Crippen molar-refractivity contribution >= 4 is 9.84 Å². The molecule has 0 unspecified atom stereocenters. The summed E-state index contributed by atoms with van der Waals surface area (Å²) in [6.07, 6.45) is 0.745. The summed E-state index contributed by atoms with van der Waals surface area (Å²) in [7, 11) is -2.92. The van der Waals surface area contributed by atoms with Crippen molar-refractivity contribution < 1.29 is 8.42 Å². The highest BCUT2D eigenvalue weighted by Gasteiger charge is 2.30. The lowest BCUT2D eigenvalue weighted by Crippen LogP contribution is -2.41. The van der Waals surface area contributed by atoms with Crippen LogP contribution in [0.2, 0.25) is 0 Å². The molecule has 68 valence electrons. The highest BCUT2D eigenvalue weighted by Crippen LogP contribution is 2.19. The van der Waals surface area contributed by atoms with Crippen molar-refractivity contribution in [2.24, 2.45) is 11.7 Å². The second-order valence-electron chi connectivity index (χ2n) is 3.19. The summed E-state index contributed by atoms with van der Waals surface area (Å²) < 4.78 is 22.2. The number of nitrogens with zero attached hydrogens (tertiary/aromatic N) is 1. The lowest BCUT2D eigenvalue weighted by molar-refractivity contribution is 0.428. The molecule has 1 fully saturated rings. The topological polar surface area (TPSA) is 84.0 Å². The smallest absolute Gasteiger partial charge is 0.150 e. The van der Waals surface area contributed by atoms with Crippen molar-refractivity contribution in [1.29, 1.82) is 5.26 Å². The molecule has 0 radical (unpaired) electrons. The molecule has 5 heteroatoms. The highest BCUT2D eigenvalue weighted by molar-refractivity contribution is 7.91. The van der Waals surface area contributed by atoms with Gasteiger partial charge < -0.3 is 5.73 Å². The van der Waals surface area contributed by atoms with Crippen LogP contribution in [0.25, 0.3) is 0 Å². The summed E-state index contributed by atoms with van der Waals surface area (Å²) in [5, 5.41) is 8.41. The molecule has 0 spiro atoms. The van der Waals surface area contributed by atoms with E-state index in [2.05, 4.69) is 0 Å². The zero-order chi connectivity index (χ0) is 9.19. The Kier molecular flexibility index (Phi) is 2.70. The van der Waals surface area contributed by atoms with Crippen LogP contribution in [0, 0.1) is 17.2 Å². The average molecular weight is 188 g/mol. The largest absolute Gasteiger partial charge is 0.327 e. The van der Waals surface area contributed by atoms with E-state index >= 15 is 0 Å². The van der Waals surface area contributed by atoms with Crippen molar-refractivity contribution in [3.63, 3.8) is 0 Å². The van der Waals surface area contributed by atoms with Crippen molar-refractivity contribution in [3.8, 4) is 6.07 Å². The van der Waals surface area contributed by atoms with E-state index in [4.69, 9.17) is 11.0 Å². The molecule has 1 saturated heterocycles. The Hall–Kier alpha value is -0.600. The maximum atomic E-state index is 11.1. The normalized spacial score (nSPS) is 34.0. The van der Waals surface area contributed by atoms with Crippen LogP contribution >= 0.6 is 0 Å². The van der Waals surface area contributed by atoms with Crippen LogP contribution in [0.5, 0.6) is 0 Å². The zero-order valence-electron chi connectivity index (χ0n) is 6.73. The molecule has 0 aromatic carbocycles. The molecule has 1 aliphatic rings. The monoisotopic (exact) mass is 188 g/mol. The Morgan fingerprint density at radius 1 is 1.58 bits per heavy atom. The second kappa shape index (κ2) is 3.42. The van der Waals surface area contributed by atoms with Crippen molar-refractivity contribution in [2.75, 3.05) is 11.5 Å². The van der Waals surface area contributed by atoms with Crippen LogP contribution in [0.15, 0.2) is 0 Å². The molecule has 0 aromatic heterocycles. The fourth-order valence-electron chi connectivity index (χ4n) is 1.41. The summed E-state index contributed by atoms with van der Waals surface area (Å²) >= 11 is 0. The molecular weight excluding hydrogens is 176 g/mol. The Labute approximate surface area is 72.3 Å². The molecule has 0 saturated carbocycles. The van der Waals surface area contributed by atoms with E-state index in [0.29, 0.717) is 6.42 Å². The number of rotatable bonds is 1. The van der Waals surface area contributed by atoms with E-state index in [0.717, 1.165) is 0 Å². The quantitative estimate of drug-likeness (QED) is 0.610. The van der Waals surface area contributed by atoms with Gasteiger partial charge in [0.1, 0.15) is 0 Å². The lowest BCUT2D eigenvalue weighted by atomic mass is 9.97. The van der Waals surface area contributed by atoms with Gasteiger partial charge in [-0.2, -0.15) is 5.26 Å².